The highest BCUT2D eigenvalue weighted by Gasteiger charge is 2.07. The van der Waals surface area contributed by atoms with Gasteiger partial charge in [-0.3, -0.25) is 5.21 Å². The maximum Gasteiger partial charge on any atom is 0.253 e. The van der Waals surface area contributed by atoms with E-state index in [1.807, 2.05) is 47.9 Å². The molecule has 6 N–H and O–H groups in total. The molecule has 4 aromatic rings. The van der Waals surface area contributed by atoms with Crippen LogP contribution in [0.4, 0.5) is 29.2 Å². The van der Waals surface area contributed by atoms with E-state index >= 15 is 0 Å². The molecule has 0 aliphatic rings. The predicted octanol–water partition coefficient (Wildman–Crippen LogP) is 5.06. The molecular weight excluding hydrogens is 430 g/mol. The lowest BCUT2D eigenvalue weighted by molar-refractivity contribution is 0.382. The average Bonchev–Trinajstić information content (AvgIpc) is 2.80. The number of nitrogens with one attached hydrogen (secondary N) is 3. The van der Waals surface area contributed by atoms with Crippen LogP contribution in [0.5, 0.6) is 11.5 Å². The molecule has 1 heterocycles. The first-order valence-corrected chi connectivity index (χ1v) is 10.0. The van der Waals surface area contributed by atoms with Gasteiger partial charge in [0.05, 0.1) is 0 Å². The zero-order valence-corrected chi connectivity index (χ0v) is 17.5. The van der Waals surface area contributed by atoms with E-state index in [1.165, 1.54) is 0 Å². The van der Waals surface area contributed by atoms with Gasteiger partial charge in [0.25, 0.3) is 5.95 Å². The second-order valence-electron chi connectivity index (χ2n) is 6.72. The number of nitrogens with zero attached hydrogens (tertiary/aromatic N) is 3. The van der Waals surface area contributed by atoms with Crippen molar-refractivity contribution in [1.29, 1.82) is 0 Å². The third kappa shape index (κ3) is 5.75. The van der Waals surface area contributed by atoms with Crippen molar-refractivity contribution in [3.8, 4) is 11.5 Å². The first-order chi connectivity index (χ1) is 15.6. The van der Waals surface area contributed by atoms with Crippen LogP contribution >= 0.6 is 11.6 Å². The summed E-state index contributed by atoms with van der Waals surface area (Å²) in [4.78, 5) is 12.6. The molecule has 3 aromatic carbocycles. The van der Waals surface area contributed by atoms with Crippen LogP contribution in [0.2, 0.25) is 5.02 Å². The minimum atomic E-state index is -0.000557. The normalized spacial score (nSPS) is 10.4. The first kappa shape index (κ1) is 21.2. The van der Waals surface area contributed by atoms with Crippen molar-refractivity contribution in [3.05, 3.63) is 83.4 Å². The number of aromatic nitrogens is 3. The van der Waals surface area contributed by atoms with Gasteiger partial charge in [0.2, 0.25) is 11.9 Å². The lowest BCUT2D eigenvalue weighted by atomic mass is 10.2. The molecule has 32 heavy (non-hydrogen) atoms. The van der Waals surface area contributed by atoms with Crippen LogP contribution in [0, 0.1) is 0 Å². The van der Waals surface area contributed by atoms with Crippen LogP contribution in [0.1, 0.15) is 5.56 Å². The van der Waals surface area contributed by atoms with Gasteiger partial charge in [0.1, 0.15) is 11.5 Å². The summed E-state index contributed by atoms with van der Waals surface area (Å²) in [5.74, 6) is 1.88. The summed E-state index contributed by atoms with van der Waals surface area (Å²) < 4.78 is 5.79. The molecule has 4 rings (SSSR count). The Morgan fingerprint density at radius 3 is 2.19 bits per heavy atom. The highest BCUT2D eigenvalue weighted by atomic mass is 35.5. The molecule has 0 fully saturated rings. The van der Waals surface area contributed by atoms with Crippen LogP contribution < -0.4 is 26.6 Å². The van der Waals surface area contributed by atoms with E-state index in [2.05, 4.69) is 25.6 Å². The molecule has 0 spiro atoms. The van der Waals surface area contributed by atoms with E-state index in [4.69, 9.17) is 22.1 Å². The van der Waals surface area contributed by atoms with Crippen molar-refractivity contribution >= 4 is 40.8 Å². The molecule has 9 nitrogen and oxygen atoms in total. The summed E-state index contributed by atoms with van der Waals surface area (Å²) >= 11 is 6.02. The minimum absolute atomic E-state index is 0.000557. The average molecular weight is 450 g/mol. The molecule has 0 amide bonds. The Balaban J connectivity index is 1.43. The van der Waals surface area contributed by atoms with Gasteiger partial charge in [-0.1, -0.05) is 23.7 Å². The van der Waals surface area contributed by atoms with Gasteiger partial charge >= 0.3 is 0 Å². The van der Waals surface area contributed by atoms with Crippen LogP contribution in [0.25, 0.3) is 0 Å². The molecule has 0 aliphatic carbocycles. The second-order valence-corrected chi connectivity index (χ2v) is 7.16. The second kappa shape index (κ2) is 9.82. The molecule has 0 radical (unpaired) electrons. The highest BCUT2D eigenvalue weighted by molar-refractivity contribution is 6.30. The monoisotopic (exact) mass is 449 g/mol. The highest BCUT2D eigenvalue weighted by Crippen LogP contribution is 2.25. The third-order valence-corrected chi connectivity index (χ3v) is 4.54. The van der Waals surface area contributed by atoms with Gasteiger partial charge in [-0.2, -0.15) is 15.0 Å². The van der Waals surface area contributed by atoms with Gasteiger partial charge in [0.15, 0.2) is 0 Å². The fourth-order valence-electron chi connectivity index (χ4n) is 2.80. The van der Waals surface area contributed by atoms with Crippen molar-refractivity contribution in [2.24, 2.45) is 0 Å². The minimum Gasteiger partial charge on any atom is -0.457 e. The topological polar surface area (TPSA) is 130 Å². The molecule has 0 saturated carbocycles. The van der Waals surface area contributed by atoms with Gasteiger partial charge in [0, 0.05) is 22.9 Å². The summed E-state index contributed by atoms with van der Waals surface area (Å²) in [5.41, 5.74) is 10.00. The molecule has 0 aliphatic heterocycles. The zero-order chi connectivity index (χ0) is 22.3. The largest absolute Gasteiger partial charge is 0.457 e. The number of hydrogen-bond donors (Lipinski definition) is 5. The quantitative estimate of drug-likeness (QED) is 0.185. The summed E-state index contributed by atoms with van der Waals surface area (Å²) in [6.07, 6.45) is 0. The summed E-state index contributed by atoms with van der Waals surface area (Å²) in [7, 11) is 0. The number of nitrogens with two attached hydrogens (primary N) is 1. The summed E-state index contributed by atoms with van der Waals surface area (Å²) in [6.45, 7) is 0.450. The lowest BCUT2D eigenvalue weighted by Gasteiger charge is -2.11. The number of benzene rings is 3. The lowest BCUT2D eigenvalue weighted by Crippen LogP contribution is -2.09. The van der Waals surface area contributed by atoms with Crippen molar-refractivity contribution in [3.63, 3.8) is 0 Å². The van der Waals surface area contributed by atoms with Gasteiger partial charge in [-0.15, -0.1) is 0 Å². The van der Waals surface area contributed by atoms with Crippen molar-refractivity contribution in [1.82, 2.24) is 15.0 Å². The number of rotatable bonds is 8. The Morgan fingerprint density at radius 1 is 0.844 bits per heavy atom. The molecular formula is C22H20ClN7O2. The van der Waals surface area contributed by atoms with E-state index in [1.54, 1.807) is 30.3 Å². The Bertz CT molecular complexity index is 1190. The van der Waals surface area contributed by atoms with E-state index in [-0.39, 0.29) is 17.8 Å². The number of halogens is 1. The van der Waals surface area contributed by atoms with Gasteiger partial charge in [-0.05, 0) is 66.2 Å². The van der Waals surface area contributed by atoms with Gasteiger partial charge in [-0.25, -0.2) is 5.48 Å². The van der Waals surface area contributed by atoms with E-state index in [0.717, 1.165) is 11.3 Å². The van der Waals surface area contributed by atoms with Crippen LogP contribution in [0.3, 0.4) is 0 Å². The standard InChI is InChI=1S/C22H20ClN7O2/c23-15-3-1-2-14(12-15)13-25-20-27-21(29-22(28-20)30-31)26-17-6-10-19(11-7-17)32-18-8-4-16(24)5-9-18/h1-12,31H,13,24H2,(H3,25,26,27,28,29,30). The Hall–Kier alpha value is -4.08. The van der Waals surface area contributed by atoms with E-state index in [0.29, 0.717) is 28.8 Å². The van der Waals surface area contributed by atoms with E-state index in [9.17, 15) is 5.21 Å². The number of anilines is 5. The zero-order valence-electron chi connectivity index (χ0n) is 16.8. The fourth-order valence-corrected chi connectivity index (χ4v) is 3.01. The predicted molar refractivity (Wildman–Crippen MR) is 125 cm³/mol. The Kier molecular flexibility index (Phi) is 6.49. The van der Waals surface area contributed by atoms with Crippen molar-refractivity contribution < 1.29 is 9.94 Å². The molecule has 10 heteroatoms. The molecule has 0 saturated heterocycles. The third-order valence-electron chi connectivity index (χ3n) is 4.30. The molecule has 1 aromatic heterocycles. The summed E-state index contributed by atoms with van der Waals surface area (Å²) in [5, 5.41) is 16.1. The van der Waals surface area contributed by atoms with Crippen molar-refractivity contribution in [2.45, 2.75) is 6.54 Å². The molecule has 0 atom stereocenters. The number of nitrogen functional groups attached to an aromatic ring is 1. The maximum absolute atomic E-state index is 9.27. The van der Waals surface area contributed by atoms with Crippen LogP contribution in [-0.2, 0) is 6.54 Å². The van der Waals surface area contributed by atoms with Gasteiger partial charge < -0.3 is 21.1 Å². The molecule has 0 bridgehead atoms. The van der Waals surface area contributed by atoms with E-state index < -0.39 is 0 Å². The SMILES string of the molecule is Nc1ccc(Oc2ccc(Nc3nc(NO)nc(NCc4cccc(Cl)c4)n3)cc2)cc1. The smallest absolute Gasteiger partial charge is 0.253 e. The van der Waals surface area contributed by atoms with Crippen molar-refractivity contribution in [2.75, 3.05) is 21.8 Å². The molecule has 162 valence electrons. The Labute approximate surface area is 189 Å². The first-order valence-electron chi connectivity index (χ1n) is 9.62. The van der Waals surface area contributed by atoms with Crippen LogP contribution in [-0.4, -0.2) is 20.2 Å². The Morgan fingerprint density at radius 2 is 1.50 bits per heavy atom. The molecule has 0 unspecified atom stereocenters. The number of ether oxygens (including phenoxy) is 1. The fraction of sp³-hybridized carbons (Fsp3) is 0.0455. The summed E-state index contributed by atoms with van der Waals surface area (Å²) in [6, 6.07) is 21.8. The maximum atomic E-state index is 9.27. The number of hydrogen-bond acceptors (Lipinski definition) is 9. The van der Waals surface area contributed by atoms with Crippen LogP contribution in [0.15, 0.2) is 72.8 Å².